The van der Waals surface area contributed by atoms with Crippen molar-refractivity contribution in [3.05, 3.63) is 33.8 Å². The van der Waals surface area contributed by atoms with Gasteiger partial charge in [-0.1, -0.05) is 68.3 Å². The number of hydrogen-bond acceptors (Lipinski definition) is 1. The first kappa shape index (κ1) is 17.1. The van der Waals surface area contributed by atoms with Crippen LogP contribution in [0.15, 0.2) is 18.2 Å². The lowest BCUT2D eigenvalue weighted by molar-refractivity contribution is 0.313. The molecule has 118 valence electrons. The Morgan fingerprint density at radius 1 is 1.19 bits per heavy atom. The molecule has 0 spiro atoms. The summed E-state index contributed by atoms with van der Waals surface area (Å²) in [5.41, 5.74) is 1.20. The molecule has 1 aliphatic rings. The molecular weight excluding hydrogens is 301 g/mol. The Hall–Kier alpha value is -0.240. The van der Waals surface area contributed by atoms with Gasteiger partial charge in [-0.3, -0.25) is 0 Å². The molecule has 0 aromatic heterocycles. The standard InChI is InChI=1S/C18H27Cl2N/c1-2-21-17(11-8-14-6-4-3-5-7-14)12-15-9-10-16(19)13-18(15)20/h9-10,13-14,17,21H,2-8,11-12H2,1H3. The van der Waals surface area contributed by atoms with Gasteiger partial charge in [0.1, 0.15) is 0 Å². The van der Waals surface area contributed by atoms with Gasteiger partial charge in [-0.05, 0) is 49.4 Å². The van der Waals surface area contributed by atoms with E-state index in [0.29, 0.717) is 11.1 Å². The van der Waals surface area contributed by atoms with Crippen molar-refractivity contribution < 1.29 is 0 Å². The van der Waals surface area contributed by atoms with Gasteiger partial charge < -0.3 is 5.32 Å². The zero-order valence-corrected chi connectivity index (χ0v) is 14.5. The normalized spacial score (nSPS) is 17.9. The monoisotopic (exact) mass is 327 g/mol. The molecule has 1 aromatic rings. The summed E-state index contributed by atoms with van der Waals surface area (Å²) in [6.07, 6.45) is 10.8. The molecule has 3 heteroatoms. The summed E-state index contributed by atoms with van der Waals surface area (Å²) in [4.78, 5) is 0. The quantitative estimate of drug-likeness (QED) is 0.659. The highest BCUT2D eigenvalue weighted by Gasteiger charge is 2.17. The predicted molar refractivity (Wildman–Crippen MR) is 93.4 cm³/mol. The maximum Gasteiger partial charge on any atom is 0.0453 e. The van der Waals surface area contributed by atoms with E-state index in [0.717, 1.165) is 23.9 Å². The van der Waals surface area contributed by atoms with Crippen molar-refractivity contribution in [3.63, 3.8) is 0 Å². The van der Waals surface area contributed by atoms with Crippen LogP contribution in [0.3, 0.4) is 0 Å². The molecule has 0 bridgehead atoms. The van der Waals surface area contributed by atoms with Crippen LogP contribution in [0.2, 0.25) is 10.0 Å². The lowest BCUT2D eigenvalue weighted by Crippen LogP contribution is -2.31. The molecule has 0 heterocycles. The van der Waals surface area contributed by atoms with Crippen molar-refractivity contribution in [1.29, 1.82) is 0 Å². The minimum atomic E-state index is 0.524. The summed E-state index contributed by atoms with van der Waals surface area (Å²) in [7, 11) is 0. The molecule has 1 N–H and O–H groups in total. The molecule has 1 atom stereocenters. The van der Waals surface area contributed by atoms with Crippen LogP contribution >= 0.6 is 23.2 Å². The van der Waals surface area contributed by atoms with E-state index in [1.54, 1.807) is 0 Å². The minimum Gasteiger partial charge on any atom is -0.314 e. The van der Waals surface area contributed by atoms with Crippen molar-refractivity contribution in [3.8, 4) is 0 Å². The van der Waals surface area contributed by atoms with Crippen LogP contribution in [0, 0.1) is 5.92 Å². The fourth-order valence-corrected chi connectivity index (χ4v) is 3.92. The number of rotatable bonds is 7. The number of hydrogen-bond donors (Lipinski definition) is 1. The van der Waals surface area contributed by atoms with Gasteiger partial charge in [0.2, 0.25) is 0 Å². The highest BCUT2D eigenvalue weighted by atomic mass is 35.5. The van der Waals surface area contributed by atoms with Crippen LogP contribution in [-0.4, -0.2) is 12.6 Å². The second-order valence-corrected chi connectivity index (χ2v) is 7.12. The van der Waals surface area contributed by atoms with E-state index in [9.17, 15) is 0 Å². The molecule has 1 fully saturated rings. The van der Waals surface area contributed by atoms with E-state index in [1.807, 2.05) is 12.1 Å². The van der Waals surface area contributed by atoms with Crippen molar-refractivity contribution in [1.82, 2.24) is 5.32 Å². The first-order chi connectivity index (χ1) is 10.2. The van der Waals surface area contributed by atoms with E-state index in [2.05, 4.69) is 18.3 Å². The summed E-state index contributed by atoms with van der Waals surface area (Å²) < 4.78 is 0. The number of nitrogens with one attached hydrogen (secondary N) is 1. The maximum absolute atomic E-state index is 6.31. The third-order valence-corrected chi connectivity index (χ3v) is 5.21. The first-order valence-electron chi connectivity index (χ1n) is 8.36. The van der Waals surface area contributed by atoms with Crippen molar-refractivity contribution in [2.75, 3.05) is 6.54 Å². The predicted octanol–water partition coefficient (Wildman–Crippen LogP) is 5.87. The molecule has 1 saturated carbocycles. The Balaban J connectivity index is 1.88. The highest BCUT2D eigenvalue weighted by molar-refractivity contribution is 6.35. The molecule has 1 unspecified atom stereocenters. The number of benzene rings is 1. The summed E-state index contributed by atoms with van der Waals surface area (Å²) >= 11 is 12.3. The van der Waals surface area contributed by atoms with Crippen molar-refractivity contribution in [2.45, 2.75) is 64.3 Å². The fraction of sp³-hybridized carbons (Fsp3) is 0.667. The van der Waals surface area contributed by atoms with Gasteiger partial charge in [-0.25, -0.2) is 0 Å². The maximum atomic E-state index is 6.31. The van der Waals surface area contributed by atoms with Gasteiger partial charge in [0.25, 0.3) is 0 Å². The number of likely N-dealkylation sites (N-methyl/N-ethyl adjacent to an activating group) is 1. The Bertz CT molecular complexity index is 427. The Morgan fingerprint density at radius 3 is 2.62 bits per heavy atom. The molecular formula is C18H27Cl2N. The van der Waals surface area contributed by atoms with E-state index in [-0.39, 0.29) is 0 Å². The molecule has 1 nitrogen and oxygen atoms in total. The third-order valence-electron chi connectivity index (χ3n) is 4.62. The molecule has 1 aromatic carbocycles. The average Bonchev–Trinajstić information content (AvgIpc) is 2.49. The summed E-state index contributed by atoms with van der Waals surface area (Å²) in [5.74, 6) is 0.945. The number of halogens is 2. The van der Waals surface area contributed by atoms with Crippen LogP contribution in [0.5, 0.6) is 0 Å². The smallest absolute Gasteiger partial charge is 0.0453 e. The molecule has 0 saturated heterocycles. The van der Waals surface area contributed by atoms with Crippen molar-refractivity contribution >= 4 is 23.2 Å². The Labute approximate surface area is 139 Å². The van der Waals surface area contributed by atoms with E-state index in [1.165, 1.54) is 50.5 Å². The highest BCUT2D eigenvalue weighted by Crippen LogP contribution is 2.29. The second-order valence-electron chi connectivity index (χ2n) is 6.28. The van der Waals surface area contributed by atoms with Gasteiger partial charge in [-0.15, -0.1) is 0 Å². The van der Waals surface area contributed by atoms with E-state index in [4.69, 9.17) is 23.2 Å². The van der Waals surface area contributed by atoms with Gasteiger partial charge in [0.15, 0.2) is 0 Å². The minimum absolute atomic E-state index is 0.524. The average molecular weight is 328 g/mol. The summed E-state index contributed by atoms with van der Waals surface area (Å²) in [6.45, 7) is 3.19. The zero-order chi connectivity index (χ0) is 15.1. The van der Waals surface area contributed by atoms with E-state index >= 15 is 0 Å². The molecule has 0 radical (unpaired) electrons. The molecule has 1 aliphatic carbocycles. The zero-order valence-electron chi connectivity index (χ0n) is 13.0. The van der Waals surface area contributed by atoms with Gasteiger partial charge in [0.05, 0.1) is 0 Å². The van der Waals surface area contributed by atoms with Crippen LogP contribution in [-0.2, 0) is 6.42 Å². The van der Waals surface area contributed by atoms with Gasteiger partial charge >= 0.3 is 0 Å². The fourth-order valence-electron chi connectivity index (χ4n) is 3.43. The van der Waals surface area contributed by atoms with Gasteiger partial charge in [-0.2, -0.15) is 0 Å². The van der Waals surface area contributed by atoms with Crippen molar-refractivity contribution in [2.24, 2.45) is 5.92 Å². The first-order valence-corrected chi connectivity index (χ1v) is 9.12. The largest absolute Gasteiger partial charge is 0.314 e. The van der Waals surface area contributed by atoms with Gasteiger partial charge in [0, 0.05) is 16.1 Å². The third kappa shape index (κ3) is 5.81. The van der Waals surface area contributed by atoms with Crippen LogP contribution in [0.1, 0.15) is 57.4 Å². The lowest BCUT2D eigenvalue weighted by atomic mass is 9.84. The SMILES string of the molecule is CCNC(CCC1CCCCC1)Cc1ccc(Cl)cc1Cl. The van der Waals surface area contributed by atoms with Crippen LogP contribution in [0.25, 0.3) is 0 Å². The molecule has 0 amide bonds. The summed E-state index contributed by atoms with van der Waals surface area (Å²) in [6, 6.07) is 6.38. The van der Waals surface area contributed by atoms with E-state index < -0.39 is 0 Å². The molecule has 21 heavy (non-hydrogen) atoms. The van der Waals surface area contributed by atoms with Crippen LogP contribution in [0.4, 0.5) is 0 Å². The Morgan fingerprint density at radius 2 is 1.95 bits per heavy atom. The molecule has 2 rings (SSSR count). The Kier molecular flexibility index (Phi) is 7.36. The second kappa shape index (κ2) is 9.02. The molecule has 0 aliphatic heterocycles. The lowest BCUT2D eigenvalue weighted by Gasteiger charge is -2.25. The topological polar surface area (TPSA) is 12.0 Å². The summed E-state index contributed by atoms with van der Waals surface area (Å²) in [5, 5.41) is 5.13. The van der Waals surface area contributed by atoms with Crippen LogP contribution < -0.4 is 5.32 Å².